The summed E-state index contributed by atoms with van der Waals surface area (Å²) in [6.45, 7) is 30.8. The standard InChI is InChI=1S/C65H121N13O10S/c1-38(2)29-47(69)36-78(89(87,88)58-48(44(13)14)34-46(43(11)12)35-49(58)45(15)16)37-57(79)71-50(23-17-20-26-66)60(81)75-56(33-42(9)10)65(86)77-54(31-40(5)6)63(84)73-51(24-18-21-27-67)61(82)72-52(25-19-22-28-68)62(83)76-55(32-41(7)8)64(85)74-53(59(70)80)30-39(3)4/h34-35,38-45,47,50-56H,17-33,36-37,66-69H2,1-16H3,(H2,70,80)(H,71,79)(H,72,82)(H,73,84)(H,74,85)(H,75,81)(H,76,83)(H,77,86)/t47-,50-,51-,52-,53-,54-,55-,56-/m0/s1. The van der Waals surface area contributed by atoms with Gasteiger partial charge < -0.3 is 65.9 Å². The lowest BCUT2D eigenvalue weighted by molar-refractivity contribution is -0.136. The minimum absolute atomic E-state index is 0.0273. The number of unbranched alkanes of at least 4 members (excludes halogenated alkanes) is 3. The molecule has 1 aromatic carbocycles. The largest absolute Gasteiger partial charge is 0.368 e. The number of sulfonamides is 1. The third-order valence-corrected chi connectivity index (χ3v) is 17.3. The molecule has 512 valence electrons. The van der Waals surface area contributed by atoms with E-state index in [1.807, 2.05) is 109 Å². The first-order valence-corrected chi connectivity index (χ1v) is 34.4. The first kappa shape index (κ1) is 81.7. The Bertz CT molecular complexity index is 2460. The maximum absolute atomic E-state index is 15.2. The van der Waals surface area contributed by atoms with Gasteiger partial charge in [-0.25, -0.2) is 8.42 Å². The molecule has 0 aliphatic rings. The molecule has 0 saturated carbocycles. The molecule has 0 radical (unpaired) electrons. The lowest BCUT2D eigenvalue weighted by Gasteiger charge is -2.30. The quantitative estimate of drug-likeness (QED) is 0.0388. The molecule has 89 heavy (non-hydrogen) atoms. The number of carbonyl (C=O) groups is 8. The molecule has 24 heteroatoms. The second-order valence-corrected chi connectivity index (χ2v) is 29.3. The number of hydrogen-bond acceptors (Lipinski definition) is 14. The van der Waals surface area contributed by atoms with Crippen molar-refractivity contribution < 1.29 is 46.8 Å². The number of benzene rings is 1. The predicted octanol–water partition coefficient (Wildman–Crippen LogP) is 4.87. The molecule has 0 saturated heterocycles. The predicted molar refractivity (Wildman–Crippen MR) is 354 cm³/mol. The van der Waals surface area contributed by atoms with Crippen molar-refractivity contribution >= 4 is 57.3 Å². The molecule has 0 aliphatic heterocycles. The SMILES string of the molecule is CC(C)C[C@H](N)CN(CC(=O)N[C@@H](CCCCN)C(=O)N[C@@H](CC(C)C)C(=O)N[C@@H](CC(C)C)C(=O)N[C@@H](CCCCN)C(=O)N[C@@H](CCCCN)C(=O)N[C@@H](CC(C)C)C(=O)N[C@@H](CC(C)C)C(N)=O)S(=O)(=O)c1c(C(C)C)cc(C(C)C)cc1C(C)C. The van der Waals surface area contributed by atoms with Gasteiger partial charge in [0.15, 0.2) is 0 Å². The second kappa shape index (κ2) is 41.3. The summed E-state index contributed by atoms with van der Waals surface area (Å²) in [5.41, 5.74) is 32.1. The average Bonchev–Trinajstić information content (AvgIpc) is 0.782. The van der Waals surface area contributed by atoms with Crippen LogP contribution < -0.4 is 65.9 Å². The minimum Gasteiger partial charge on any atom is -0.368 e. The zero-order valence-corrected chi connectivity index (χ0v) is 58.0. The summed E-state index contributed by atoms with van der Waals surface area (Å²) in [6, 6.07) is -4.89. The van der Waals surface area contributed by atoms with E-state index in [0.717, 1.165) is 9.87 Å². The Kier molecular flexibility index (Phi) is 37.9. The molecule has 0 unspecified atom stereocenters. The molecule has 1 aromatic rings. The van der Waals surface area contributed by atoms with Crippen LogP contribution in [0.3, 0.4) is 0 Å². The number of hydrogen-bond donors (Lipinski definition) is 12. The van der Waals surface area contributed by atoms with E-state index in [0.29, 0.717) is 75.7 Å². The molecule has 17 N–H and O–H groups in total. The number of nitrogens with zero attached hydrogens (tertiary/aromatic N) is 1. The molecule has 8 amide bonds. The van der Waals surface area contributed by atoms with Crippen LogP contribution in [0.4, 0.5) is 0 Å². The number of primary amides is 1. The van der Waals surface area contributed by atoms with Crippen molar-refractivity contribution in [3.63, 3.8) is 0 Å². The molecular formula is C65H121N13O10S. The van der Waals surface area contributed by atoms with E-state index >= 15 is 8.42 Å². The summed E-state index contributed by atoms with van der Waals surface area (Å²) in [7, 11) is -4.40. The molecule has 0 fully saturated rings. The smallest absolute Gasteiger partial charge is 0.244 e. The van der Waals surface area contributed by atoms with Crippen LogP contribution in [-0.4, -0.2) is 141 Å². The summed E-state index contributed by atoms with van der Waals surface area (Å²) in [6.07, 6.45) is 4.30. The van der Waals surface area contributed by atoms with Crippen LogP contribution in [0.5, 0.6) is 0 Å². The highest BCUT2D eigenvalue weighted by Crippen LogP contribution is 2.37. The molecule has 1 rings (SSSR count). The first-order chi connectivity index (χ1) is 41.5. The molecule has 0 bridgehead atoms. The number of nitrogens with one attached hydrogen (secondary N) is 7. The van der Waals surface area contributed by atoms with Gasteiger partial charge in [0.05, 0.1) is 11.4 Å². The Morgan fingerprint density at radius 2 is 0.708 bits per heavy atom. The van der Waals surface area contributed by atoms with Crippen molar-refractivity contribution in [1.82, 2.24) is 41.5 Å². The Morgan fingerprint density at radius 1 is 0.416 bits per heavy atom. The summed E-state index contributed by atoms with van der Waals surface area (Å²) in [4.78, 5) is 113. The van der Waals surface area contributed by atoms with E-state index in [-0.39, 0.29) is 104 Å². The van der Waals surface area contributed by atoms with Crippen molar-refractivity contribution in [2.45, 2.75) is 272 Å². The molecule has 0 heterocycles. The van der Waals surface area contributed by atoms with E-state index < -0.39 is 112 Å². The van der Waals surface area contributed by atoms with Gasteiger partial charge in [-0.15, -0.1) is 0 Å². The Morgan fingerprint density at radius 3 is 1.00 bits per heavy atom. The summed E-state index contributed by atoms with van der Waals surface area (Å²) in [5.74, 6) is -6.04. The minimum atomic E-state index is -4.40. The highest BCUT2D eigenvalue weighted by Gasteiger charge is 2.38. The van der Waals surface area contributed by atoms with E-state index in [1.54, 1.807) is 0 Å². The monoisotopic (exact) mass is 1280 g/mol. The van der Waals surface area contributed by atoms with Gasteiger partial charge in [0.25, 0.3) is 0 Å². The van der Waals surface area contributed by atoms with Crippen LogP contribution in [0, 0.1) is 29.6 Å². The van der Waals surface area contributed by atoms with Crippen molar-refractivity contribution in [3.05, 3.63) is 28.8 Å². The zero-order valence-electron chi connectivity index (χ0n) is 57.2. The summed E-state index contributed by atoms with van der Waals surface area (Å²) < 4.78 is 31.6. The highest BCUT2D eigenvalue weighted by molar-refractivity contribution is 7.89. The normalized spacial score (nSPS) is 14.8. The first-order valence-electron chi connectivity index (χ1n) is 33.0. The van der Waals surface area contributed by atoms with Crippen molar-refractivity contribution in [3.8, 4) is 0 Å². The topological polar surface area (TPSA) is 388 Å². The van der Waals surface area contributed by atoms with Crippen LogP contribution in [0.25, 0.3) is 0 Å². The van der Waals surface area contributed by atoms with E-state index in [1.165, 1.54) is 0 Å². The van der Waals surface area contributed by atoms with Crippen molar-refractivity contribution in [1.29, 1.82) is 0 Å². The number of amides is 8. The van der Waals surface area contributed by atoms with E-state index in [4.69, 9.17) is 28.7 Å². The van der Waals surface area contributed by atoms with Gasteiger partial charge in [-0.3, -0.25) is 38.4 Å². The van der Waals surface area contributed by atoms with Gasteiger partial charge in [-0.1, -0.05) is 123 Å². The number of carbonyl (C=O) groups excluding carboxylic acids is 8. The van der Waals surface area contributed by atoms with Crippen molar-refractivity contribution in [2.24, 2.45) is 58.3 Å². The Hall–Kier alpha value is -5.27. The van der Waals surface area contributed by atoms with Crippen LogP contribution in [0.1, 0.15) is 235 Å². The fraction of sp³-hybridized carbons (Fsp3) is 0.785. The van der Waals surface area contributed by atoms with Crippen molar-refractivity contribution in [2.75, 3.05) is 32.7 Å². The zero-order chi connectivity index (χ0) is 68.0. The fourth-order valence-corrected chi connectivity index (χ4v) is 12.8. The van der Waals surface area contributed by atoms with Crippen LogP contribution in [0.2, 0.25) is 0 Å². The number of rotatable bonds is 45. The fourth-order valence-electron chi connectivity index (χ4n) is 10.7. The maximum atomic E-state index is 15.2. The lowest BCUT2D eigenvalue weighted by Crippen LogP contribution is -2.60. The lowest BCUT2D eigenvalue weighted by atomic mass is 9.89. The maximum Gasteiger partial charge on any atom is 0.244 e. The van der Waals surface area contributed by atoms with Gasteiger partial charge in [0.1, 0.15) is 42.3 Å². The molecule has 8 atom stereocenters. The van der Waals surface area contributed by atoms with E-state index in [2.05, 4.69) is 51.1 Å². The molecule has 0 aliphatic carbocycles. The Labute approximate surface area is 534 Å². The van der Waals surface area contributed by atoms with Gasteiger partial charge in [0, 0.05) is 12.6 Å². The third kappa shape index (κ3) is 30.1. The van der Waals surface area contributed by atoms with Gasteiger partial charge in [0.2, 0.25) is 57.3 Å². The average molecular weight is 1280 g/mol. The molecular weight excluding hydrogens is 1150 g/mol. The van der Waals surface area contributed by atoms with Gasteiger partial charge in [-0.05, 0) is 174 Å². The Balaban J connectivity index is 3.75. The van der Waals surface area contributed by atoms with Crippen LogP contribution >= 0.6 is 0 Å². The second-order valence-electron chi connectivity index (χ2n) is 27.4. The molecule has 0 aromatic heterocycles. The van der Waals surface area contributed by atoms with E-state index in [9.17, 15) is 38.4 Å². The number of nitrogens with two attached hydrogens (primary N) is 5. The van der Waals surface area contributed by atoms with Gasteiger partial charge >= 0.3 is 0 Å². The summed E-state index contributed by atoms with van der Waals surface area (Å²) in [5, 5.41) is 19.6. The third-order valence-electron chi connectivity index (χ3n) is 15.4. The van der Waals surface area contributed by atoms with Crippen LogP contribution in [0.15, 0.2) is 17.0 Å². The highest BCUT2D eigenvalue weighted by atomic mass is 32.2. The molecule has 23 nitrogen and oxygen atoms in total. The van der Waals surface area contributed by atoms with Crippen LogP contribution in [-0.2, 0) is 48.4 Å². The van der Waals surface area contributed by atoms with Gasteiger partial charge in [-0.2, -0.15) is 4.31 Å². The molecule has 0 spiro atoms. The summed E-state index contributed by atoms with van der Waals surface area (Å²) >= 11 is 0.